The predicted molar refractivity (Wildman–Crippen MR) is 99.0 cm³/mol. The highest BCUT2D eigenvalue weighted by atomic mass is 35.5. The smallest absolute Gasteiger partial charge is 0.308 e. The van der Waals surface area contributed by atoms with Gasteiger partial charge in [0.2, 0.25) is 5.91 Å². The lowest BCUT2D eigenvalue weighted by molar-refractivity contribution is -0.118. The molecule has 0 N–H and O–H groups in total. The maximum absolute atomic E-state index is 12.9. The fourth-order valence-corrected chi connectivity index (χ4v) is 4.15. The van der Waals surface area contributed by atoms with Crippen molar-refractivity contribution < 1.29 is 18.4 Å². The molecule has 24 heavy (non-hydrogen) atoms. The topological polar surface area (TPSA) is 55.8 Å². The Labute approximate surface area is 149 Å². The molecule has 1 unspecified atom stereocenters. The van der Waals surface area contributed by atoms with Crippen LogP contribution in [0.15, 0.2) is 24.3 Å². The summed E-state index contributed by atoms with van der Waals surface area (Å²) in [5.41, 5.74) is 1.68. The van der Waals surface area contributed by atoms with E-state index in [1.54, 1.807) is 13.8 Å². The molecule has 0 bridgehead atoms. The first-order valence-corrected chi connectivity index (χ1v) is 10.5. The minimum atomic E-state index is -3.43. The largest absolute Gasteiger partial charge is 0.350 e. The number of aryl methyl sites for hydroxylation is 1. The maximum Gasteiger partial charge on any atom is 0.350 e. The Morgan fingerprint density at radius 1 is 1.17 bits per heavy atom. The van der Waals surface area contributed by atoms with Crippen molar-refractivity contribution in [3.63, 3.8) is 0 Å². The molecule has 0 aliphatic rings. The lowest BCUT2D eigenvalue weighted by Gasteiger charge is -2.29. The third-order valence-electron chi connectivity index (χ3n) is 3.52. The Morgan fingerprint density at radius 3 is 2.25 bits per heavy atom. The molecule has 0 heterocycles. The van der Waals surface area contributed by atoms with Gasteiger partial charge in [0.15, 0.2) is 0 Å². The highest BCUT2D eigenvalue weighted by Gasteiger charge is 2.33. The molecule has 0 aliphatic carbocycles. The molecule has 0 fully saturated rings. The van der Waals surface area contributed by atoms with Crippen molar-refractivity contribution in [2.24, 2.45) is 0 Å². The number of hydrogen-bond acceptors (Lipinski definition) is 4. The Bertz CT molecular complexity index is 571. The summed E-state index contributed by atoms with van der Waals surface area (Å²) in [5, 5.41) is -0.688. The Morgan fingerprint density at radius 2 is 1.75 bits per heavy atom. The fourth-order valence-electron chi connectivity index (χ4n) is 2.37. The van der Waals surface area contributed by atoms with Crippen LogP contribution in [0.3, 0.4) is 0 Å². The van der Waals surface area contributed by atoms with Gasteiger partial charge in [0.05, 0.1) is 13.2 Å². The van der Waals surface area contributed by atoms with Crippen molar-refractivity contribution in [3.05, 3.63) is 29.8 Å². The average molecular weight is 376 g/mol. The van der Waals surface area contributed by atoms with Gasteiger partial charge in [-0.3, -0.25) is 14.3 Å². The molecule has 0 aliphatic heterocycles. The van der Waals surface area contributed by atoms with Crippen molar-refractivity contribution in [2.75, 3.05) is 24.4 Å². The third-order valence-corrected chi connectivity index (χ3v) is 5.95. The Hall–Kier alpha value is -0.870. The zero-order valence-corrected chi connectivity index (χ0v) is 16.5. The first-order chi connectivity index (χ1) is 11.4. The van der Waals surface area contributed by atoms with Crippen LogP contribution in [-0.4, -0.2) is 30.8 Å². The number of benzene rings is 1. The first-order valence-electron chi connectivity index (χ1n) is 8.33. The number of alkyl halides is 1. The van der Waals surface area contributed by atoms with Crippen LogP contribution in [0.2, 0.25) is 0 Å². The Balaban J connectivity index is 3.28. The standard InChI is InChI=1S/C17H27ClNO4P/c1-5-14-11-9-10-12-16(14)19(17(20)15(18)6-2)13-24(21,22-7-3)23-8-4/h9-12,15H,5-8,13H2,1-4H3. The summed E-state index contributed by atoms with van der Waals surface area (Å²) in [6.07, 6.45) is 1.08. The number of carbonyl (C=O) groups is 1. The molecule has 1 atom stereocenters. The van der Waals surface area contributed by atoms with Crippen LogP contribution < -0.4 is 4.90 Å². The van der Waals surface area contributed by atoms with Crippen LogP contribution >= 0.6 is 19.2 Å². The molecular formula is C17H27ClNO4P. The summed E-state index contributed by atoms with van der Waals surface area (Å²) in [6, 6.07) is 7.53. The Kier molecular flexibility index (Phi) is 8.99. The van der Waals surface area contributed by atoms with Crippen molar-refractivity contribution in [3.8, 4) is 0 Å². The molecule has 0 saturated carbocycles. The van der Waals surface area contributed by atoms with Gasteiger partial charge >= 0.3 is 7.60 Å². The maximum atomic E-state index is 12.9. The van der Waals surface area contributed by atoms with Crippen molar-refractivity contribution in [1.82, 2.24) is 0 Å². The van der Waals surface area contributed by atoms with Gasteiger partial charge in [-0.2, -0.15) is 0 Å². The van der Waals surface area contributed by atoms with Gasteiger partial charge in [0.1, 0.15) is 11.7 Å². The van der Waals surface area contributed by atoms with E-state index in [1.807, 2.05) is 38.1 Å². The number of hydrogen-bond donors (Lipinski definition) is 0. The molecule has 136 valence electrons. The first kappa shape index (κ1) is 21.2. The molecule has 0 spiro atoms. The summed E-state index contributed by atoms with van der Waals surface area (Å²) in [6.45, 7) is 7.82. The minimum absolute atomic E-state index is 0.145. The van der Waals surface area contributed by atoms with E-state index < -0.39 is 13.0 Å². The normalized spacial score (nSPS) is 12.9. The third kappa shape index (κ3) is 5.59. The van der Waals surface area contributed by atoms with Crippen molar-refractivity contribution in [2.45, 2.75) is 45.9 Å². The number of rotatable bonds is 10. The van der Waals surface area contributed by atoms with Gasteiger partial charge < -0.3 is 9.05 Å². The van der Waals surface area contributed by atoms with Gasteiger partial charge in [-0.15, -0.1) is 11.6 Å². The van der Waals surface area contributed by atoms with Gasteiger partial charge in [0.25, 0.3) is 0 Å². The summed E-state index contributed by atoms with van der Waals surface area (Å²) in [7, 11) is -3.43. The molecule has 1 aromatic rings. The van der Waals surface area contributed by atoms with E-state index in [0.29, 0.717) is 12.1 Å². The van der Waals surface area contributed by atoms with E-state index >= 15 is 0 Å². The predicted octanol–water partition coefficient (Wildman–Crippen LogP) is 4.82. The van der Waals surface area contributed by atoms with Crippen LogP contribution in [0.4, 0.5) is 5.69 Å². The second-order valence-corrected chi connectivity index (χ2v) is 7.76. The SMILES string of the molecule is CCOP(=O)(CN(C(=O)C(Cl)CC)c1ccccc1CC)OCC. The van der Waals surface area contributed by atoms with E-state index in [1.165, 1.54) is 4.90 Å². The lowest BCUT2D eigenvalue weighted by Crippen LogP contribution is -2.38. The second-order valence-electron chi connectivity index (χ2n) is 5.21. The monoisotopic (exact) mass is 375 g/mol. The minimum Gasteiger partial charge on any atom is -0.308 e. The van der Waals surface area contributed by atoms with Crippen molar-refractivity contribution in [1.29, 1.82) is 0 Å². The second kappa shape index (κ2) is 10.2. The number of halogens is 1. The quantitative estimate of drug-likeness (QED) is 0.434. The zero-order chi connectivity index (χ0) is 18.2. The molecule has 1 amide bonds. The molecule has 0 saturated heterocycles. The number of amides is 1. The highest BCUT2D eigenvalue weighted by molar-refractivity contribution is 7.54. The van der Waals surface area contributed by atoms with Crippen LogP contribution in [0, 0.1) is 0 Å². The number of para-hydroxylation sites is 1. The molecule has 0 aromatic heterocycles. The molecular weight excluding hydrogens is 349 g/mol. The fraction of sp³-hybridized carbons (Fsp3) is 0.588. The van der Waals surface area contributed by atoms with Crippen LogP contribution in [-0.2, 0) is 24.8 Å². The molecule has 7 heteroatoms. The van der Waals surface area contributed by atoms with Crippen LogP contribution in [0.25, 0.3) is 0 Å². The van der Waals surface area contributed by atoms with E-state index in [9.17, 15) is 9.36 Å². The van der Waals surface area contributed by atoms with Crippen molar-refractivity contribution >= 4 is 30.8 Å². The highest BCUT2D eigenvalue weighted by Crippen LogP contribution is 2.49. The van der Waals surface area contributed by atoms with E-state index in [2.05, 4.69) is 0 Å². The van der Waals surface area contributed by atoms with Crippen LogP contribution in [0.5, 0.6) is 0 Å². The van der Waals surface area contributed by atoms with Crippen LogP contribution in [0.1, 0.15) is 39.7 Å². The molecule has 1 aromatic carbocycles. The molecule has 5 nitrogen and oxygen atoms in total. The van der Waals surface area contributed by atoms with Gasteiger partial charge in [-0.25, -0.2) is 0 Å². The van der Waals surface area contributed by atoms with E-state index in [-0.39, 0.29) is 25.4 Å². The molecule has 1 rings (SSSR count). The summed E-state index contributed by atoms with van der Waals surface area (Å²) in [4.78, 5) is 14.2. The number of nitrogens with zero attached hydrogens (tertiary/aromatic N) is 1. The van der Waals surface area contributed by atoms with Gasteiger partial charge in [-0.05, 0) is 38.3 Å². The summed E-state index contributed by atoms with van der Waals surface area (Å²) < 4.78 is 23.6. The molecule has 0 radical (unpaired) electrons. The lowest BCUT2D eigenvalue weighted by atomic mass is 10.1. The average Bonchev–Trinajstić information content (AvgIpc) is 2.58. The summed E-state index contributed by atoms with van der Waals surface area (Å²) in [5.74, 6) is -0.292. The van der Waals surface area contributed by atoms with E-state index in [4.69, 9.17) is 20.6 Å². The van der Waals surface area contributed by atoms with Gasteiger partial charge in [-0.1, -0.05) is 32.0 Å². The summed E-state index contributed by atoms with van der Waals surface area (Å²) >= 11 is 6.18. The zero-order valence-electron chi connectivity index (χ0n) is 14.8. The number of carbonyl (C=O) groups excluding carboxylic acids is 1. The van der Waals surface area contributed by atoms with Gasteiger partial charge in [0, 0.05) is 5.69 Å². The number of anilines is 1. The van der Waals surface area contributed by atoms with E-state index in [0.717, 1.165) is 12.0 Å².